The minimum absolute atomic E-state index is 0.351. The summed E-state index contributed by atoms with van der Waals surface area (Å²) in [5.41, 5.74) is 0.784. The van der Waals surface area contributed by atoms with Crippen molar-refractivity contribution in [1.29, 1.82) is 0 Å². The van der Waals surface area contributed by atoms with Crippen LogP contribution in [0.15, 0.2) is 0 Å². The van der Waals surface area contributed by atoms with Crippen molar-refractivity contribution >= 4 is 10.0 Å². The second-order valence-corrected chi connectivity index (χ2v) is 11.4. The van der Waals surface area contributed by atoms with E-state index in [1.54, 1.807) is 0 Å². The van der Waals surface area contributed by atoms with Crippen LogP contribution in [0, 0.1) is 29.1 Å². The van der Waals surface area contributed by atoms with Gasteiger partial charge in [0.25, 0.3) is 0 Å². The van der Waals surface area contributed by atoms with Crippen molar-refractivity contribution in [3.63, 3.8) is 0 Å². The average Bonchev–Trinajstić information content (AvgIpc) is 2.33. The molecule has 4 bridgehead atoms. The van der Waals surface area contributed by atoms with E-state index in [0.29, 0.717) is 17.5 Å². The molecule has 4 rings (SSSR count). The van der Waals surface area contributed by atoms with Gasteiger partial charge in [-0.1, -0.05) is 20.8 Å². The molecule has 0 aliphatic heterocycles. The zero-order chi connectivity index (χ0) is 16.9. The van der Waals surface area contributed by atoms with Crippen LogP contribution in [0.25, 0.3) is 0 Å². The van der Waals surface area contributed by atoms with Crippen LogP contribution in [0.4, 0.5) is 0 Å². The van der Waals surface area contributed by atoms with Gasteiger partial charge in [0.1, 0.15) is 0 Å². The van der Waals surface area contributed by atoms with Crippen LogP contribution >= 0.6 is 0 Å². The van der Waals surface area contributed by atoms with Crippen LogP contribution < -0.4 is 10.0 Å². The summed E-state index contributed by atoms with van der Waals surface area (Å²) in [5, 5.41) is 3.85. The summed E-state index contributed by atoms with van der Waals surface area (Å²) in [6, 6.07) is 0. The number of hydrogen-bond donors (Lipinski definition) is 2. The lowest BCUT2D eigenvalue weighted by Crippen LogP contribution is -2.63. The van der Waals surface area contributed by atoms with E-state index >= 15 is 0 Å². The lowest BCUT2D eigenvalue weighted by atomic mass is 9.45. The predicted molar refractivity (Wildman–Crippen MR) is 94.7 cm³/mol. The lowest BCUT2D eigenvalue weighted by molar-refractivity contribution is -0.103. The molecule has 2 N–H and O–H groups in total. The fourth-order valence-electron chi connectivity index (χ4n) is 6.35. The summed E-state index contributed by atoms with van der Waals surface area (Å²) in [5.74, 6) is 3.60. The third-order valence-electron chi connectivity index (χ3n) is 6.49. The van der Waals surface area contributed by atoms with Gasteiger partial charge in [-0.2, -0.15) is 0 Å². The average molecular weight is 343 g/mol. The largest absolute Gasteiger partial charge is 0.311 e. The Hall–Kier alpha value is -0.130. The summed E-state index contributed by atoms with van der Waals surface area (Å²) in [6.07, 6.45) is 9.00. The van der Waals surface area contributed by atoms with Crippen molar-refractivity contribution in [2.75, 3.05) is 19.3 Å². The standard InChI is InChI=1S/C18H34N2O2S/c1-17(2,3)16-14-8-13-9-15(16)12-18(10-13,11-14)19-6-5-7-20-23(4,21)22/h13-16,19-20H,5-12H2,1-4H3. The summed E-state index contributed by atoms with van der Waals surface area (Å²) in [7, 11) is -3.05. The van der Waals surface area contributed by atoms with Gasteiger partial charge in [-0.25, -0.2) is 13.1 Å². The third-order valence-corrected chi connectivity index (χ3v) is 7.22. The molecule has 2 atom stereocenters. The second-order valence-electron chi connectivity index (χ2n) is 9.59. The molecule has 0 radical (unpaired) electrons. The van der Waals surface area contributed by atoms with Crippen LogP contribution in [0.5, 0.6) is 0 Å². The number of sulfonamides is 1. The molecular weight excluding hydrogens is 308 g/mol. The molecule has 2 unspecified atom stereocenters. The molecule has 0 heterocycles. The Balaban J connectivity index is 1.56. The van der Waals surface area contributed by atoms with Gasteiger partial charge >= 0.3 is 0 Å². The van der Waals surface area contributed by atoms with E-state index in [1.807, 2.05) is 0 Å². The van der Waals surface area contributed by atoms with Crippen LogP contribution in [0.2, 0.25) is 0 Å². The highest BCUT2D eigenvalue weighted by Gasteiger charge is 2.57. The first-order valence-corrected chi connectivity index (χ1v) is 11.2. The summed E-state index contributed by atoms with van der Waals surface area (Å²) in [6.45, 7) is 8.75. The number of hydrogen-bond acceptors (Lipinski definition) is 3. The van der Waals surface area contributed by atoms with Crippen LogP contribution in [0.3, 0.4) is 0 Å². The van der Waals surface area contributed by atoms with E-state index in [9.17, 15) is 8.42 Å². The molecule has 0 aromatic carbocycles. The van der Waals surface area contributed by atoms with E-state index in [1.165, 1.54) is 38.4 Å². The topological polar surface area (TPSA) is 58.2 Å². The summed E-state index contributed by atoms with van der Waals surface area (Å²) < 4.78 is 24.8. The van der Waals surface area contributed by atoms with E-state index < -0.39 is 10.0 Å². The van der Waals surface area contributed by atoms with Crippen LogP contribution in [-0.2, 0) is 10.0 Å². The van der Waals surface area contributed by atoms with Gasteiger partial charge in [0, 0.05) is 12.1 Å². The van der Waals surface area contributed by atoms with Crippen molar-refractivity contribution in [2.24, 2.45) is 29.1 Å². The Kier molecular flexibility index (Phi) is 4.61. The molecule has 4 nitrogen and oxygen atoms in total. The lowest BCUT2D eigenvalue weighted by Gasteiger charge is -2.63. The molecule has 5 heteroatoms. The highest BCUT2D eigenvalue weighted by atomic mass is 32.2. The normalized spacial score (nSPS) is 39.8. The quantitative estimate of drug-likeness (QED) is 0.730. The molecule has 4 fully saturated rings. The van der Waals surface area contributed by atoms with Gasteiger partial charge in [0.15, 0.2) is 0 Å². The maximum atomic E-state index is 11.1. The van der Waals surface area contributed by atoms with Crippen molar-refractivity contribution in [2.45, 2.75) is 64.8 Å². The van der Waals surface area contributed by atoms with Crippen molar-refractivity contribution < 1.29 is 8.42 Å². The fourth-order valence-corrected chi connectivity index (χ4v) is 6.87. The molecule has 0 aromatic rings. The Bertz CT molecular complexity index is 522. The second kappa shape index (κ2) is 5.99. The van der Waals surface area contributed by atoms with Crippen LogP contribution in [-0.4, -0.2) is 33.3 Å². The summed E-state index contributed by atoms with van der Waals surface area (Å²) in [4.78, 5) is 0. The Morgan fingerprint density at radius 2 is 1.65 bits per heavy atom. The fraction of sp³-hybridized carbons (Fsp3) is 1.00. The maximum Gasteiger partial charge on any atom is 0.208 e. The minimum atomic E-state index is -3.05. The van der Waals surface area contributed by atoms with Gasteiger partial charge in [0.05, 0.1) is 6.26 Å². The smallest absolute Gasteiger partial charge is 0.208 e. The highest BCUT2D eigenvalue weighted by Crippen LogP contribution is 2.62. The molecule has 134 valence electrons. The van der Waals surface area contributed by atoms with Crippen LogP contribution in [0.1, 0.15) is 59.3 Å². The van der Waals surface area contributed by atoms with Gasteiger partial charge in [0.2, 0.25) is 10.0 Å². The van der Waals surface area contributed by atoms with Gasteiger partial charge in [-0.05, 0) is 74.2 Å². The zero-order valence-corrected chi connectivity index (χ0v) is 16.0. The van der Waals surface area contributed by atoms with Crippen molar-refractivity contribution in [3.8, 4) is 0 Å². The van der Waals surface area contributed by atoms with Gasteiger partial charge in [-0.15, -0.1) is 0 Å². The molecule has 4 saturated carbocycles. The van der Waals surface area contributed by atoms with Crippen molar-refractivity contribution in [1.82, 2.24) is 10.0 Å². The van der Waals surface area contributed by atoms with Gasteiger partial charge < -0.3 is 5.32 Å². The van der Waals surface area contributed by atoms with E-state index in [2.05, 4.69) is 30.8 Å². The Labute approximate surface area is 142 Å². The SMILES string of the molecule is CC(C)(C)C1C2CC3CC1CC(NCCCNS(C)(=O)=O)(C3)C2. The first-order chi connectivity index (χ1) is 10.6. The number of nitrogens with one attached hydrogen (secondary N) is 2. The molecule has 0 spiro atoms. The first-order valence-electron chi connectivity index (χ1n) is 9.28. The molecule has 0 aromatic heterocycles. The van der Waals surface area contributed by atoms with E-state index in [-0.39, 0.29) is 0 Å². The molecule has 23 heavy (non-hydrogen) atoms. The van der Waals surface area contributed by atoms with E-state index in [4.69, 9.17) is 0 Å². The van der Waals surface area contributed by atoms with E-state index in [0.717, 1.165) is 36.6 Å². The molecule has 0 saturated heterocycles. The summed E-state index contributed by atoms with van der Waals surface area (Å²) >= 11 is 0. The number of rotatable bonds is 6. The Morgan fingerprint density at radius 1 is 1.04 bits per heavy atom. The monoisotopic (exact) mass is 342 g/mol. The molecule has 4 aliphatic rings. The maximum absolute atomic E-state index is 11.1. The molecule has 4 aliphatic carbocycles. The third kappa shape index (κ3) is 3.93. The molecule has 0 amide bonds. The minimum Gasteiger partial charge on any atom is -0.311 e. The predicted octanol–water partition coefficient (Wildman–Crippen LogP) is 2.76. The van der Waals surface area contributed by atoms with Gasteiger partial charge in [-0.3, -0.25) is 0 Å². The first kappa shape index (κ1) is 17.7. The highest BCUT2D eigenvalue weighted by molar-refractivity contribution is 7.88. The molecular formula is C18H34N2O2S. The van der Waals surface area contributed by atoms with Crippen molar-refractivity contribution in [3.05, 3.63) is 0 Å². The Morgan fingerprint density at radius 3 is 2.17 bits per heavy atom. The zero-order valence-electron chi connectivity index (χ0n) is 15.2.